The first-order valence-corrected chi connectivity index (χ1v) is 11.2. The normalized spacial score (nSPS) is 27.4. The van der Waals surface area contributed by atoms with Gasteiger partial charge < -0.3 is 5.11 Å². The summed E-state index contributed by atoms with van der Waals surface area (Å²) in [4.78, 5) is 40.0. The standard InChI is InChI=1S/C23H21NO4S/c1-29-11-10-16(23(27)28)24-21(25)19-17-12-6-2-3-7-13(12)18(20(19)22(24)26)15-9-5-4-8-14(15)17/h2-9,16-20H,10-11H2,1H3,(H,27,28)/t16-,17?,18?,19-,20-/m1/s1. The predicted octanol–water partition coefficient (Wildman–Crippen LogP) is 3.08. The fourth-order valence-electron chi connectivity index (χ4n) is 5.60. The smallest absolute Gasteiger partial charge is 0.326 e. The molecule has 0 aromatic heterocycles. The Kier molecular flexibility index (Phi) is 4.28. The number of hydrogen-bond donors (Lipinski definition) is 1. The monoisotopic (exact) mass is 407 g/mol. The van der Waals surface area contributed by atoms with Gasteiger partial charge in [-0.25, -0.2) is 4.79 Å². The molecule has 1 N–H and O–H groups in total. The van der Waals surface area contributed by atoms with Crippen LogP contribution in [0.4, 0.5) is 0 Å². The number of thioether (sulfide) groups is 1. The Morgan fingerprint density at radius 2 is 1.34 bits per heavy atom. The molecule has 2 aromatic carbocycles. The van der Waals surface area contributed by atoms with E-state index in [1.165, 1.54) is 11.8 Å². The maximum atomic E-state index is 13.5. The molecule has 6 rings (SSSR count). The largest absolute Gasteiger partial charge is 0.480 e. The van der Waals surface area contributed by atoms with Crippen molar-refractivity contribution in [2.24, 2.45) is 11.8 Å². The Morgan fingerprint density at radius 3 is 1.69 bits per heavy atom. The second kappa shape index (κ2) is 6.73. The fraction of sp³-hybridized carbons (Fsp3) is 0.348. The first-order chi connectivity index (χ1) is 14.1. The lowest BCUT2D eigenvalue weighted by Crippen LogP contribution is -2.46. The Hall–Kier alpha value is -2.60. The molecule has 3 atom stereocenters. The first-order valence-electron chi connectivity index (χ1n) is 9.82. The second-order valence-corrected chi connectivity index (χ2v) is 8.93. The van der Waals surface area contributed by atoms with Crippen molar-refractivity contribution >= 4 is 29.5 Å². The summed E-state index contributed by atoms with van der Waals surface area (Å²) in [6.07, 6.45) is 2.16. The van der Waals surface area contributed by atoms with E-state index in [4.69, 9.17) is 0 Å². The average Bonchev–Trinajstić information content (AvgIpc) is 3.00. The van der Waals surface area contributed by atoms with Crippen LogP contribution in [-0.4, -0.2) is 45.8 Å². The Morgan fingerprint density at radius 1 is 0.931 bits per heavy atom. The molecule has 1 saturated heterocycles. The molecule has 6 heteroatoms. The van der Waals surface area contributed by atoms with Crippen molar-refractivity contribution in [3.63, 3.8) is 0 Å². The average molecular weight is 407 g/mol. The summed E-state index contributed by atoms with van der Waals surface area (Å²) in [5.41, 5.74) is 4.38. The maximum Gasteiger partial charge on any atom is 0.326 e. The highest BCUT2D eigenvalue weighted by Gasteiger charge is 2.62. The number of carboxylic acid groups (broad SMARTS) is 1. The molecule has 1 fully saturated rings. The van der Waals surface area contributed by atoms with Crippen LogP contribution in [0.2, 0.25) is 0 Å². The highest BCUT2D eigenvalue weighted by molar-refractivity contribution is 7.98. The van der Waals surface area contributed by atoms with Crippen molar-refractivity contribution in [2.75, 3.05) is 12.0 Å². The van der Waals surface area contributed by atoms with E-state index in [9.17, 15) is 19.5 Å². The Bertz CT molecular complexity index is 920. The number of rotatable bonds is 5. The molecule has 0 saturated carbocycles. The summed E-state index contributed by atoms with van der Waals surface area (Å²) in [5.74, 6) is -2.62. The van der Waals surface area contributed by atoms with Crippen molar-refractivity contribution in [1.29, 1.82) is 0 Å². The van der Waals surface area contributed by atoms with E-state index >= 15 is 0 Å². The van der Waals surface area contributed by atoms with Gasteiger partial charge in [-0.3, -0.25) is 14.5 Å². The highest BCUT2D eigenvalue weighted by Crippen LogP contribution is 2.61. The molecular formula is C23H21NO4S. The van der Waals surface area contributed by atoms with Crippen LogP contribution >= 0.6 is 11.8 Å². The van der Waals surface area contributed by atoms with Crippen molar-refractivity contribution in [1.82, 2.24) is 4.90 Å². The minimum atomic E-state index is -1.11. The van der Waals surface area contributed by atoms with Crippen LogP contribution in [0.1, 0.15) is 40.5 Å². The van der Waals surface area contributed by atoms with Crippen molar-refractivity contribution < 1.29 is 19.5 Å². The van der Waals surface area contributed by atoms with Crippen LogP contribution in [0.3, 0.4) is 0 Å². The van der Waals surface area contributed by atoms with Crippen molar-refractivity contribution in [3.8, 4) is 0 Å². The van der Waals surface area contributed by atoms with Gasteiger partial charge in [-0.05, 0) is 40.7 Å². The molecular weight excluding hydrogens is 386 g/mol. The number of likely N-dealkylation sites (tertiary alicyclic amines) is 1. The fourth-order valence-corrected chi connectivity index (χ4v) is 6.06. The lowest BCUT2D eigenvalue weighted by Gasteiger charge is -2.45. The van der Waals surface area contributed by atoms with Gasteiger partial charge in [0, 0.05) is 11.8 Å². The summed E-state index contributed by atoms with van der Waals surface area (Å²) in [5, 5.41) is 9.77. The van der Waals surface area contributed by atoms with Gasteiger partial charge in [0.15, 0.2) is 0 Å². The van der Waals surface area contributed by atoms with Gasteiger partial charge in [-0.15, -0.1) is 0 Å². The summed E-state index contributed by atoms with van der Waals surface area (Å²) < 4.78 is 0. The maximum absolute atomic E-state index is 13.5. The Labute approximate surface area is 173 Å². The molecule has 2 bridgehead atoms. The molecule has 1 aliphatic heterocycles. The number of imide groups is 1. The van der Waals surface area contributed by atoms with E-state index in [1.807, 2.05) is 54.8 Å². The van der Waals surface area contributed by atoms with Crippen molar-refractivity contribution in [2.45, 2.75) is 24.3 Å². The minimum absolute atomic E-state index is 0.200. The number of carbonyl (C=O) groups excluding carboxylic acids is 2. The van der Waals surface area contributed by atoms with Crippen LogP contribution in [0.25, 0.3) is 0 Å². The molecule has 148 valence electrons. The summed E-state index contributed by atoms with van der Waals surface area (Å²) in [6, 6.07) is 14.9. The molecule has 4 aliphatic rings. The Balaban J connectivity index is 1.65. The zero-order valence-electron chi connectivity index (χ0n) is 15.9. The third kappa shape index (κ3) is 2.45. The van der Waals surface area contributed by atoms with E-state index in [-0.39, 0.29) is 30.1 Å². The van der Waals surface area contributed by atoms with E-state index in [1.54, 1.807) is 0 Å². The number of amides is 2. The quantitative estimate of drug-likeness (QED) is 0.771. The van der Waals surface area contributed by atoms with Crippen LogP contribution in [0, 0.1) is 11.8 Å². The topological polar surface area (TPSA) is 74.7 Å². The lowest BCUT2D eigenvalue weighted by atomic mass is 9.55. The van der Waals surface area contributed by atoms with Crippen LogP contribution < -0.4 is 0 Å². The van der Waals surface area contributed by atoms with Gasteiger partial charge in [0.2, 0.25) is 11.8 Å². The minimum Gasteiger partial charge on any atom is -0.480 e. The zero-order valence-corrected chi connectivity index (χ0v) is 16.8. The molecule has 2 amide bonds. The highest BCUT2D eigenvalue weighted by atomic mass is 32.2. The van der Waals surface area contributed by atoms with Gasteiger partial charge in [0.05, 0.1) is 11.8 Å². The summed E-state index contributed by atoms with van der Waals surface area (Å²) >= 11 is 1.51. The van der Waals surface area contributed by atoms with E-state index in [2.05, 4.69) is 0 Å². The first kappa shape index (κ1) is 18.4. The van der Waals surface area contributed by atoms with Gasteiger partial charge in [-0.1, -0.05) is 48.5 Å². The molecule has 3 aliphatic carbocycles. The molecule has 0 unspecified atom stereocenters. The molecule has 0 radical (unpaired) electrons. The number of benzene rings is 2. The predicted molar refractivity (Wildman–Crippen MR) is 110 cm³/mol. The van der Waals surface area contributed by atoms with Gasteiger partial charge in [0.25, 0.3) is 0 Å². The van der Waals surface area contributed by atoms with Gasteiger partial charge in [-0.2, -0.15) is 11.8 Å². The summed E-state index contributed by atoms with van der Waals surface area (Å²) in [6.45, 7) is 0. The lowest BCUT2D eigenvalue weighted by molar-refractivity contribution is -0.155. The third-order valence-electron chi connectivity index (χ3n) is 6.67. The molecule has 1 heterocycles. The SMILES string of the molecule is CSCC[C@H](C(=O)O)N1C(=O)[C@@H]2C3c4ccccc4C(c4ccccc43)[C@H]2C1=O. The molecule has 2 aromatic rings. The summed E-state index contributed by atoms with van der Waals surface area (Å²) in [7, 11) is 0. The van der Waals surface area contributed by atoms with Crippen LogP contribution in [0.15, 0.2) is 48.5 Å². The zero-order chi connectivity index (χ0) is 20.3. The van der Waals surface area contributed by atoms with E-state index in [0.717, 1.165) is 27.2 Å². The molecule has 5 nitrogen and oxygen atoms in total. The van der Waals surface area contributed by atoms with Crippen LogP contribution in [-0.2, 0) is 14.4 Å². The number of carboxylic acids is 1. The van der Waals surface area contributed by atoms with E-state index in [0.29, 0.717) is 5.75 Å². The van der Waals surface area contributed by atoms with Gasteiger partial charge >= 0.3 is 5.97 Å². The number of hydrogen-bond acceptors (Lipinski definition) is 4. The van der Waals surface area contributed by atoms with E-state index < -0.39 is 23.8 Å². The third-order valence-corrected chi connectivity index (χ3v) is 7.32. The molecule has 0 spiro atoms. The second-order valence-electron chi connectivity index (χ2n) is 7.95. The van der Waals surface area contributed by atoms with Crippen molar-refractivity contribution in [3.05, 3.63) is 70.8 Å². The van der Waals surface area contributed by atoms with Crippen LogP contribution in [0.5, 0.6) is 0 Å². The van der Waals surface area contributed by atoms with Gasteiger partial charge in [0.1, 0.15) is 6.04 Å². The number of aliphatic carboxylic acids is 1. The number of carbonyl (C=O) groups is 3. The number of nitrogens with zero attached hydrogens (tertiary/aromatic N) is 1. The molecule has 29 heavy (non-hydrogen) atoms.